The summed E-state index contributed by atoms with van der Waals surface area (Å²) in [5.41, 5.74) is 1.69. The molecule has 138 valence electrons. The summed E-state index contributed by atoms with van der Waals surface area (Å²) in [5.74, 6) is -1.66. The van der Waals surface area contributed by atoms with Crippen LogP contribution in [0.25, 0.3) is 5.76 Å². The van der Waals surface area contributed by atoms with Gasteiger partial charge in [0.2, 0.25) is 0 Å². The van der Waals surface area contributed by atoms with Gasteiger partial charge in [0.05, 0.1) is 11.6 Å². The molecule has 2 aromatic carbocycles. The number of Topliss-reactive ketones (excluding diaryl/α,β-unsaturated/α-hetero) is 1. The lowest BCUT2D eigenvalue weighted by atomic mass is 9.96. The molecule has 1 amide bonds. The van der Waals surface area contributed by atoms with Crippen molar-refractivity contribution in [2.75, 3.05) is 4.90 Å². The molecule has 1 unspecified atom stereocenters. The van der Waals surface area contributed by atoms with Gasteiger partial charge in [0.15, 0.2) is 0 Å². The van der Waals surface area contributed by atoms with Gasteiger partial charge in [-0.3, -0.25) is 19.5 Å². The van der Waals surface area contributed by atoms with E-state index in [9.17, 15) is 14.7 Å². The van der Waals surface area contributed by atoms with E-state index >= 15 is 0 Å². The zero-order valence-electron chi connectivity index (χ0n) is 14.6. The topological polar surface area (TPSA) is 70.5 Å². The highest BCUT2D eigenvalue weighted by atomic mass is 35.5. The van der Waals surface area contributed by atoms with Gasteiger partial charge in [-0.25, -0.2) is 0 Å². The summed E-state index contributed by atoms with van der Waals surface area (Å²) in [6, 6.07) is 18.0. The van der Waals surface area contributed by atoms with Crippen LogP contribution in [0.5, 0.6) is 0 Å². The number of rotatable bonds is 3. The summed E-state index contributed by atoms with van der Waals surface area (Å²) in [6.45, 7) is 0. The number of carbonyl (C=O) groups is 2. The van der Waals surface area contributed by atoms with E-state index in [4.69, 9.17) is 11.6 Å². The fourth-order valence-corrected chi connectivity index (χ4v) is 3.44. The number of ketones is 1. The summed E-state index contributed by atoms with van der Waals surface area (Å²) in [5, 5.41) is 11.4. The highest BCUT2D eigenvalue weighted by Gasteiger charge is 2.46. The molecular formula is C22H15ClN2O3. The van der Waals surface area contributed by atoms with Crippen molar-refractivity contribution in [3.05, 3.63) is 101 Å². The predicted octanol–water partition coefficient (Wildman–Crippen LogP) is 4.36. The number of amides is 1. The number of anilines is 1. The number of benzene rings is 2. The van der Waals surface area contributed by atoms with Gasteiger partial charge in [-0.1, -0.05) is 41.9 Å². The summed E-state index contributed by atoms with van der Waals surface area (Å²) in [6.07, 6.45) is 3.17. The molecule has 1 aliphatic rings. The van der Waals surface area contributed by atoms with Crippen molar-refractivity contribution in [3.8, 4) is 0 Å². The summed E-state index contributed by atoms with van der Waals surface area (Å²) < 4.78 is 0. The molecule has 0 aliphatic carbocycles. The standard InChI is InChI=1S/C22H15ClN2O3/c23-16-6-8-17(9-7-16)25-19(14-10-12-24-13-11-14)18(21(27)22(25)28)20(26)15-4-2-1-3-5-15/h1-13,19,26H/b20-18-. The van der Waals surface area contributed by atoms with Crippen molar-refractivity contribution in [1.82, 2.24) is 4.98 Å². The van der Waals surface area contributed by atoms with Gasteiger partial charge in [0.1, 0.15) is 5.76 Å². The molecule has 1 N–H and O–H groups in total. The molecule has 1 saturated heterocycles. The van der Waals surface area contributed by atoms with Crippen LogP contribution in [-0.4, -0.2) is 21.8 Å². The fourth-order valence-electron chi connectivity index (χ4n) is 3.31. The lowest BCUT2D eigenvalue weighted by molar-refractivity contribution is -0.132. The molecule has 0 saturated carbocycles. The molecule has 1 aromatic heterocycles. The van der Waals surface area contributed by atoms with Gasteiger partial charge < -0.3 is 5.11 Å². The third kappa shape index (κ3) is 3.06. The second-order valence-electron chi connectivity index (χ2n) is 6.29. The Hall–Kier alpha value is -3.44. The first-order valence-electron chi connectivity index (χ1n) is 8.60. The Morgan fingerprint density at radius 1 is 0.929 bits per heavy atom. The molecule has 6 heteroatoms. The van der Waals surface area contributed by atoms with Crippen LogP contribution in [0.15, 0.2) is 84.7 Å². The number of carbonyl (C=O) groups excluding carboxylic acids is 2. The maximum atomic E-state index is 12.9. The zero-order valence-corrected chi connectivity index (χ0v) is 15.4. The van der Waals surface area contributed by atoms with Crippen LogP contribution >= 0.6 is 11.6 Å². The van der Waals surface area contributed by atoms with Crippen molar-refractivity contribution < 1.29 is 14.7 Å². The smallest absolute Gasteiger partial charge is 0.300 e. The lowest BCUT2D eigenvalue weighted by Crippen LogP contribution is -2.29. The van der Waals surface area contributed by atoms with E-state index in [-0.39, 0.29) is 11.3 Å². The fraction of sp³-hybridized carbons (Fsp3) is 0.0455. The minimum atomic E-state index is -0.774. The van der Waals surface area contributed by atoms with E-state index in [1.807, 2.05) is 6.07 Å². The average molecular weight is 391 g/mol. The quantitative estimate of drug-likeness (QED) is 0.410. The number of hydrogen-bond acceptors (Lipinski definition) is 4. The number of pyridine rings is 1. The van der Waals surface area contributed by atoms with Gasteiger partial charge >= 0.3 is 0 Å². The average Bonchev–Trinajstić information content (AvgIpc) is 3.00. The minimum absolute atomic E-state index is 0.0392. The van der Waals surface area contributed by atoms with E-state index in [0.717, 1.165) is 0 Å². The number of halogens is 1. The second-order valence-corrected chi connectivity index (χ2v) is 6.73. The maximum Gasteiger partial charge on any atom is 0.300 e. The second kappa shape index (κ2) is 7.29. The van der Waals surface area contributed by atoms with Crippen LogP contribution in [0.1, 0.15) is 17.2 Å². The van der Waals surface area contributed by atoms with Crippen LogP contribution in [0.3, 0.4) is 0 Å². The SMILES string of the molecule is O=C1C(=O)N(c2ccc(Cl)cc2)C(c2ccncc2)/C1=C(/O)c1ccccc1. The van der Waals surface area contributed by atoms with E-state index in [0.29, 0.717) is 21.8 Å². The Balaban J connectivity index is 1.94. The number of nitrogens with zero attached hydrogens (tertiary/aromatic N) is 2. The Morgan fingerprint density at radius 2 is 1.57 bits per heavy atom. The van der Waals surface area contributed by atoms with E-state index in [2.05, 4.69) is 4.98 Å². The van der Waals surface area contributed by atoms with E-state index in [1.165, 1.54) is 4.90 Å². The maximum absolute atomic E-state index is 12.9. The Labute approximate surface area is 166 Å². The predicted molar refractivity (Wildman–Crippen MR) is 107 cm³/mol. The molecule has 1 aliphatic heterocycles. The van der Waals surface area contributed by atoms with Crippen LogP contribution in [-0.2, 0) is 9.59 Å². The van der Waals surface area contributed by atoms with Crippen molar-refractivity contribution in [3.63, 3.8) is 0 Å². The van der Waals surface area contributed by atoms with Crippen LogP contribution in [0, 0.1) is 0 Å². The van der Waals surface area contributed by atoms with Crippen molar-refractivity contribution in [1.29, 1.82) is 0 Å². The Bertz CT molecular complexity index is 1060. The third-order valence-corrected chi connectivity index (χ3v) is 4.87. The van der Waals surface area contributed by atoms with Crippen molar-refractivity contribution in [2.45, 2.75) is 6.04 Å². The van der Waals surface area contributed by atoms with Crippen molar-refractivity contribution in [2.24, 2.45) is 0 Å². The van der Waals surface area contributed by atoms with Gasteiger partial charge in [-0.2, -0.15) is 0 Å². The first kappa shape index (κ1) is 17.9. The molecule has 28 heavy (non-hydrogen) atoms. The summed E-state index contributed by atoms with van der Waals surface area (Å²) >= 11 is 5.97. The highest BCUT2D eigenvalue weighted by Crippen LogP contribution is 2.42. The Kier molecular flexibility index (Phi) is 4.67. The largest absolute Gasteiger partial charge is 0.507 e. The zero-order chi connectivity index (χ0) is 19.7. The number of aliphatic hydroxyl groups is 1. The third-order valence-electron chi connectivity index (χ3n) is 4.62. The van der Waals surface area contributed by atoms with E-state index in [1.54, 1.807) is 73.1 Å². The van der Waals surface area contributed by atoms with Gasteiger partial charge in [0.25, 0.3) is 11.7 Å². The summed E-state index contributed by atoms with van der Waals surface area (Å²) in [4.78, 5) is 31.2. The van der Waals surface area contributed by atoms with E-state index < -0.39 is 17.7 Å². The van der Waals surface area contributed by atoms with Crippen LogP contribution in [0.4, 0.5) is 5.69 Å². The summed E-state index contributed by atoms with van der Waals surface area (Å²) in [7, 11) is 0. The molecule has 4 rings (SSSR count). The number of aliphatic hydroxyl groups excluding tert-OH is 1. The van der Waals surface area contributed by atoms with Gasteiger partial charge in [-0.15, -0.1) is 0 Å². The molecule has 1 atom stereocenters. The molecule has 5 nitrogen and oxygen atoms in total. The molecule has 2 heterocycles. The number of aromatic nitrogens is 1. The lowest BCUT2D eigenvalue weighted by Gasteiger charge is -2.25. The van der Waals surface area contributed by atoms with Gasteiger partial charge in [-0.05, 0) is 42.0 Å². The molecule has 0 spiro atoms. The molecular weight excluding hydrogens is 376 g/mol. The molecule has 1 fully saturated rings. The van der Waals surface area contributed by atoms with Crippen LogP contribution < -0.4 is 4.90 Å². The first-order valence-corrected chi connectivity index (χ1v) is 8.97. The molecule has 0 radical (unpaired) electrons. The monoisotopic (exact) mass is 390 g/mol. The normalized spacial score (nSPS) is 18.5. The minimum Gasteiger partial charge on any atom is -0.507 e. The number of hydrogen-bond donors (Lipinski definition) is 1. The van der Waals surface area contributed by atoms with Gasteiger partial charge in [0, 0.05) is 28.7 Å². The molecule has 0 bridgehead atoms. The highest BCUT2D eigenvalue weighted by molar-refractivity contribution is 6.51. The van der Waals surface area contributed by atoms with Crippen molar-refractivity contribution >= 4 is 34.7 Å². The molecule has 3 aromatic rings. The first-order chi connectivity index (χ1) is 13.6. The van der Waals surface area contributed by atoms with Crippen LogP contribution in [0.2, 0.25) is 5.02 Å². The Morgan fingerprint density at radius 3 is 2.21 bits per heavy atom.